The van der Waals surface area contributed by atoms with E-state index in [4.69, 9.17) is 21.1 Å². The maximum Gasteiger partial charge on any atom is 0.340 e. The van der Waals surface area contributed by atoms with Gasteiger partial charge in [0.1, 0.15) is 5.75 Å². The van der Waals surface area contributed by atoms with Crippen LogP contribution in [0.4, 0.5) is 0 Å². The largest absolute Gasteiger partial charge is 0.497 e. The quantitative estimate of drug-likeness (QED) is 0.448. The number of carbonyl (C=O) groups excluding carboxylic acids is 2. The lowest BCUT2D eigenvalue weighted by atomic mass is 10.0. The highest BCUT2D eigenvalue weighted by Gasteiger charge is 2.29. The lowest BCUT2D eigenvalue weighted by Crippen LogP contribution is -2.36. The number of benzene rings is 3. The number of hydrogen-bond donors (Lipinski definition) is 1. The Hall–Kier alpha value is -3.40. The number of carbonyl (C=O) groups is 2. The van der Waals surface area contributed by atoms with E-state index in [-0.39, 0.29) is 28.6 Å². The monoisotopic (exact) mass is 528 g/mol. The van der Waals surface area contributed by atoms with Crippen LogP contribution in [0, 0.1) is 0 Å². The summed E-state index contributed by atoms with van der Waals surface area (Å²) in [7, 11) is -2.31. The molecule has 0 radical (unpaired) electrons. The lowest BCUT2D eigenvalue weighted by molar-refractivity contribution is -0.124. The molecule has 3 aromatic rings. The van der Waals surface area contributed by atoms with Gasteiger partial charge in [-0.2, -0.15) is 4.31 Å². The summed E-state index contributed by atoms with van der Waals surface area (Å²) in [5, 5.41) is 2.68. The summed E-state index contributed by atoms with van der Waals surface area (Å²) in [4.78, 5) is 24.7. The first-order valence-corrected chi connectivity index (χ1v) is 13.0. The highest BCUT2D eigenvalue weighted by molar-refractivity contribution is 7.89. The van der Waals surface area contributed by atoms with Gasteiger partial charge in [0.15, 0.2) is 6.61 Å². The van der Waals surface area contributed by atoms with Gasteiger partial charge in [-0.1, -0.05) is 48.0 Å². The van der Waals surface area contributed by atoms with Gasteiger partial charge in [0.05, 0.1) is 22.6 Å². The maximum absolute atomic E-state index is 13.3. The predicted octanol–water partition coefficient (Wildman–Crippen LogP) is 3.57. The van der Waals surface area contributed by atoms with E-state index < -0.39 is 28.5 Å². The van der Waals surface area contributed by atoms with Crippen molar-refractivity contribution >= 4 is 33.5 Å². The number of ether oxygens (including phenoxy) is 2. The SMILES string of the molecule is COc1ccc(CNC(=O)COC(=O)c2cc(S(=O)(=O)N3CCc4ccccc4C3)ccc2Cl)cc1. The number of nitrogens with one attached hydrogen (secondary N) is 1. The molecule has 188 valence electrons. The summed E-state index contributed by atoms with van der Waals surface area (Å²) in [5.74, 6) is -0.697. The molecule has 0 unspecified atom stereocenters. The van der Waals surface area contributed by atoms with Gasteiger partial charge in [-0.25, -0.2) is 13.2 Å². The number of sulfonamides is 1. The van der Waals surface area contributed by atoms with E-state index in [0.29, 0.717) is 18.7 Å². The molecular weight excluding hydrogens is 504 g/mol. The Labute approximate surface area is 214 Å². The molecule has 8 nitrogen and oxygen atoms in total. The van der Waals surface area contributed by atoms with E-state index in [1.165, 1.54) is 22.5 Å². The third-order valence-corrected chi connectivity index (χ3v) is 8.04. The Balaban J connectivity index is 1.38. The smallest absolute Gasteiger partial charge is 0.340 e. The highest BCUT2D eigenvalue weighted by atomic mass is 35.5. The van der Waals surface area contributed by atoms with E-state index in [9.17, 15) is 18.0 Å². The molecule has 10 heteroatoms. The first-order chi connectivity index (χ1) is 17.3. The molecule has 0 atom stereocenters. The fraction of sp³-hybridized carbons (Fsp3) is 0.231. The Morgan fingerprint density at radius 1 is 1.03 bits per heavy atom. The highest BCUT2D eigenvalue weighted by Crippen LogP contribution is 2.27. The van der Waals surface area contributed by atoms with Crippen molar-refractivity contribution in [3.63, 3.8) is 0 Å². The van der Waals surface area contributed by atoms with Crippen molar-refractivity contribution in [1.29, 1.82) is 0 Å². The molecule has 0 aromatic heterocycles. The van der Waals surface area contributed by atoms with Crippen LogP contribution < -0.4 is 10.1 Å². The van der Waals surface area contributed by atoms with Crippen molar-refractivity contribution in [3.8, 4) is 5.75 Å². The first kappa shape index (κ1) is 25.7. The zero-order valence-electron chi connectivity index (χ0n) is 19.6. The molecule has 0 fully saturated rings. The number of halogens is 1. The van der Waals surface area contributed by atoms with Gasteiger partial charge < -0.3 is 14.8 Å². The Bertz CT molecular complexity index is 1380. The van der Waals surface area contributed by atoms with Crippen LogP contribution in [-0.4, -0.2) is 44.9 Å². The van der Waals surface area contributed by atoms with Crippen LogP contribution in [0.15, 0.2) is 71.6 Å². The minimum absolute atomic E-state index is 0.0292. The lowest BCUT2D eigenvalue weighted by Gasteiger charge is -2.28. The standard InChI is InChI=1S/C26H25ClN2O6S/c1-34-21-8-6-18(7-9-21)15-28-25(30)17-35-26(31)23-14-22(10-11-24(23)27)36(32,33)29-13-12-19-4-2-3-5-20(19)16-29/h2-11,14H,12-13,15-17H2,1H3,(H,28,30). The molecule has 36 heavy (non-hydrogen) atoms. The van der Waals surface area contributed by atoms with Gasteiger partial charge in [-0.05, 0) is 53.4 Å². The number of hydrogen-bond acceptors (Lipinski definition) is 6. The third kappa shape index (κ3) is 5.87. The molecule has 1 N–H and O–H groups in total. The summed E-state index contributed by atoms with van der Waals surface area (Å²) in [5.41, 5.74) is 2.78. The minimum Gasteiger partial charge on any atom is -0.497 e. The van der Waals surface area contributed by atoms with Gasteiger partial charge in [0.25, 0.3) is 5.91 Å². The van der Waals surface area contributed by atoms with Gasteiger partial charge in [-0.3, -0.25) is 4.79 Å². The Morgan fingerprint density at radius 3 is 2.47 bits per heavy atom. The van der Waals surface area contributed by atoms with E-state index in [1.54, 1.807) is 31.4 Å². The van der Waals surface area contributed by atoms with Crippen molar-refractivity contribution in [1.82, 2.24) is 9.62 Å². The van der Waals surface area contributed by atoms with Gasteiger partial charge in [0, 0.05) is 19.6 Å². The average Bonchev–Trinajstić information content (AvgIpc) is 2.90. The number of esters is 1. The van der Waals surface area contributed by atoms with Gasteiger partial charge >= 0.3 is 5.97 Å². The molecule has 0 aliphatic carbocycles. The minimum atomic E-state index is -3.87. The van der Waals surface area contributed by atoms with Crippen LogP contribution in [0.3, 0.4) is 0 Å². The molecule has 0 bridgehead atoms. The Kier molecular flexibility index (Phi) is 7.93. The first-order valence-electron chi connectivity index (χ1n) is 11.2. The predicted molar refractivity (Wildman–Crippen MR) is 134 cm³/mol. The fourth-order valence-corrected chi connectivity index (χ4v) is 5.49. The van der Waals surface area contributed by atoms with Crippen LogP contribution in [-0.2, 0) is 39.1 Å². The zero-order valence-corrected chi connectivity index (χ0v) is 21.1. The molecule has 3 aromatic carbocycles. The fourth-order valence-electron chi connectivity index (χ4n) is 3.85. The van der Waals surface area contributed by atoms with Crippen molar-refractivity contribution in [3.05, 3.63) is 94.0 Å². The second kappa shape index (κ2) is 11.1. The molecule has 0 saturated carbocycles. The normalized spacial score (nSPS) is 13.5. The number of rotatable bonds is 8. The van der Waals surface area contributed by atoms with E-state index >= 15 is 0 Å². The summed E-state index contributed by atoms with van der Waals surface area (Å²) in [6.45, 7) is 0.282. The van der Waals surface area contributed by atoms with Crippen molar-refractivity contribution in [2.75, 3.05) is 20.3 Å². The molecule has 1 heterocycles. The molecule has 1 aliphatic heterocycles. The summed E-state index contributed by atoms with van der Waals surface area (Å²) >= 11 is 6.16. The van der Waals surface area contributed by atoms with Crippen LogP contribution >= 0.6 is 11.6 Å². The third-order valence-electron chi connectivity index (χ3n) is 5.87. The van der Waals surface area contributed by atoms with Crippen LogP contribution in [0.5, 0.6) is 5.75 Å². The molecule has 0 saturated heterocycles. The maximum atomic E-state index is 13.3. The molecule has 1 amide bonds. The summed E-state index contributed by atoms with van der Waals surface area (Å²) in [6.07, 6.45) is 0.601. The van der Waals surface area contributed by atoms with Gasteiger partial charge in [0.2, 0.25) is 10.0 Å². The van der Waals surface area contributed by atoms with E-state index in [0.717, 1.165) is 16.7 Å². The van der Waals surface area contributed by atoms with Crippen LogP contribution in [0.2, 0.25) is 5.02 Å². The molecular formula is C26H25ClN2O6S. The summed E-state index contributed by atoms with van der Waals surface area (Å²) in [6, 6.07) is 18.7. The topological polar surface area (TPSA) is 102 Å². The number of methoxy groups -OCH3 is 1. The van der Waals surface area contributed by atoms with Crippen LogP contribution in [0.25, 0.3) is 0 Å². The van der Waals surface area contributed by atoms with E-state index in [1.807, 2.05) is 24.3 Å². The molecule has 1 aliphatic rings. The second-order valence-corrected chi connectivity index (χ2v) is 10.5. The number of nitrogens with zero attached hydrogens (tertiary/aromatic N) is 1. The molecule has 0 spiro atoms. The van der Waals surface area contributed by atoms with Crippen molar-refractivity contribution in [2.24, 2.45) is 0 Å². The van der Waals surface area contributed by atoms with Crippen molar-refractivity contribution < 1.29 is 27.5 Å². The Morgan fingerprint density at radius 2 is 1.75 bits per heavy atom. The second-order valence-electron chi connectivity index (χ2n) is 8.20. The molecule has 4 rings (SSSR count). The van der Waals surface area contributed by atoms with Gasteiger partial charge in [-0.15, -0.1) is 0 Å². The van der Waals surface area contributed by atoms with Crippen molar-refractivity contribution in [2.45, 2.75) is 24.4 Å². The van der Waals surface area contributed by atoms with Crippen LogP contribution in [0.1, 0.15) is 27.0 Å². The summed E-state index contributed by atoms with van der Waals surface area (Å²) < 4.78 is 38.1. The zero-order chi connectivity index (χ0) is 25.7. The number of amides is 1. The average molecular weight is 529 g/mol. The van der Waals surface area contributed by atoms with E-state index in [2.05, 4.69) is 5.32 Å². The number of fused-ring (bicyclic) bond motifs is 1.